The van der Waals surface area contributed by atoms with Gasteiger partial charge in [-0.25, -0.2) is 12.4 Å². The molecule has 1 saturated heterocycles. The molecule has 4 rings (SSSR count). The molecule has 3 aromatic rings. The summed E-state index contributed by atoms with van der Waals surface area (Å²) in [6.45, 7) is 4.64. The van der Waals surface area contributed by atoms with E-state index in [1.165, 1.54) is 3.97 Å². The largest absolute Gasteiger partial charge is 0.366 e. The second kappa shape index (κ2) is 6.16. The Morgan fingerprint density at radius 2 is 1.96 bits per heavy atom. The fourth-order valence-electron chi connectivity index (χ4n) is 3.30. The van der Waals surface area contributed by atoms with Crippen molar-refractivity contribution in [3.63, 3.8) is 0 Å². The Bertz CT molecular complexity index is 998. The summed E-state index contributed by atoms with van der Waals surface area (Å²) < 4.78 is 27.6. The number of rotatable bonds is 3. The molecule has 0 amide bonds. The molecular weight excluding hydrogens is 336 g/mol. The quantitative estimate of drug-likeness (QED) is 0.778. The van der Waals surface area contributed by atoms with Gasteiger partial charge in [-0.3, -0.25) is 4.98 Å². The van der Waals surface area contributed by atoms with Gasteiger partial charge >= 0.3 is 0 Å². The van der Waals surface area contributed by atoms with Crippen LogP contribution < -0.4 is 10.2 Å². The summed E-state index contributed by atoms with van der Waals surface area (Å²) in [5.74, 6) is 0. The maximum absolute atomic E-state index is 13.1. The number of aromatic nitrogens is 2. The lowest BCUT2D eigenvalue weighted by Crippen LogP contribution is -2.49. The molecule has 0 aliphatic carbocycles. The molecule has 3 heterocycles. The molecule has 1 fully saturated rings. The van der Waals surface area contributed by atoms with Crippen LogP contribution in [0.15, 0.2) is 59.8 Å². The first-order valence-corrected chi connectivity index (χ1v) is 9.76. The number of nitrogens with one attached hydrogen (secondary N) is 1. The van der Waals surface area contributed by atoms with Gasteiger partial charge in [0.15, 0.2) is 0 Å². The van der Waals surface area contributed by atoms with E-state index in [2.05, 4.69) is 22.1 Å². The summed E-state index contributed by atoms with van der Waals surface area (Å²) in [7, 11) is -3.66. The normalized spacial score (nSPS) is 18.6. The second-order valence-electron chi connectivity index (χ2n) is 6.30. The molecule has 1 aliphatic heterocycles. The highest BCUT2D eigenvalue weighted by Crippen LogP contribution is 2.31. The Labute approximate surface area is 147 Å². The first-order chi connectivity index (χ1) is 12.1. The number of hydrogen-bond donors (Lipinski definition) is 1. The van der Waals surface area contributed by atoms with Crippen LogP contribution >= 0.6 is 0 Å². The minimum atomic E-state index is -3.66. The van der Waals surface area contributed by atoms with Crippen LogP contribution in [0.2, 0.25) is 0 Å². The topological polar surface area (TPSA) is 67.2 Å². The highest BCUT2D eigenvalue weighted by molar-refractivity contribution is 7.90. The molecule has 0 unspecified atom stereocenters. The molecule has 1 aliphatic rings. The van der Waals surface area contributed by atoms with E-state index in [9.17, 15) is 8.42 Å². The maximum Gasteiger partial charge on any atom is 0.268 e. The van der Waals surface area contributed by atoms with Crippen LogP contribution in [-0.2, 0) is 10.0 Å². The Kier molecular flexibility index (Phi) is 3.97. The third kappa shape index (κ3) is 2.79. The van der Waals surface area contributed by atoms with Crippen molar-refractivity contribution in [2.45, 2.75) is 17.9 Å². The molecule has 0 spiro atoms. The van der Waals surface area contributed by atoms with E-state index in [0.29, 0.717) is 11.6 Å². The molecule has 130 valence electrons. The fraction of sp³-hybridized carbons (Fsp3) is 0.278. The number of hydrogen-bond acceptors (Lipinski definition) is 5. The summed E-state index contributed by atoms with van der Waals surface area (Å²) in [5, 5.41) is 3.41. The van der Waals surface area contributed by atoms with Gasteiger partial charge in [0, 0.05) is 38.1 Å². The molecule has 0 radical (unpaired) electrons. The summed E-state index contributed by atoms with van der Waals surface area (Å²) in [4.78, 5) is 6.94. The average molecular weight is 356 g/mol. The van der Waals surface area contributed by atoms with Gasteiger partial charge in [0.2, 0.25) is 0 Å². The van der Waals surface area contributed by atoms with Crippen molar-refractivity contribution in [1.29, 1.82) is 0 Å². The SMILES string of the molecule is C[C@@H]1CN(c2cn(S(=O)(=O)c3ccccc3)c3cccnc23)CCN1. The highest BCUT2D eigenvalue weighted by atomic mass is 32.2. The molecule has 0 bridgehead atoms. The van der Waals surface area contributed by atoms with Crippen LogP contribution in [0.4, 0.5) is 5.69 Å². The smallest absolute Gasteiger partial charge is 0.268 e. The van der Waals surface area contributed by atoms with Gasteiger partial charge in [0.05, 0.1) is 16.1 Å². The fourth-order valence-corrected chi connectivity index (χ4v) is 4.67. The first-order valence-electron chi connectivity index (χ1n) is 8.32. The molecular formula is C18H20N4O2S. The van der Waals surface area contributed by atoms with E-state index < -0.39 is 10.0 Å². The van der Waals surface area contributed by atoms with Crippen LogP contribution in [0.3, 0.4) is 0 Å². The number of piperazine rings is 1. The molecule has 0 saturated carbocycles. The van der Waals surface area contributed by atoms with Crippen molar-refractivity contribution in [2.24, 2.45) is 0 Å². The maximum atomic E-state index is 13.1. The molecule has 2 aromatic heterocycles. The summed E-state index contributed by atoms with van der Waals surface area (Å²) in [6.07, 6.45) is 3.41. The van der Waals surface area contributed by atoms with Gasteiger partial charge in [-0.1, -0.05) is 18.2 Å². The van der Waals surface area contributed by atoms with Crippen molar-refractivity contribution in [1.82, 2.24) is 14.3 Å². The molecule has 1 atom stereocenters. The zero-order valence-corrected chi connectivity index (χ0v) is 14.8. The van der Waals surface area contributed by atoms with Crippen LogP contribution in [0, 0.1) is 0 Å². The summed E-state index contributed by atoms with van der Waals surface area (Å²) >= 11 is 0. The van der Waals surface area contributed by atoms with Crippen LogP contribution in [0.25, 0.3) is 11.0 Å². The minimum absolute atomic E-state index is 0.274. The van der Waals surface area contributed by atoms with Crippen LogP contribution in [0.1, 0.15) is 6.92 Å². The van der Waals surface area contributed by atoms with E-state index >= 15 is 0 Å². The Morgan fingerprint density at radius 1 is 1.16 bits per heavy atom. The first kappa shape index (κ1) is 16.1. The van der Waals surface area contributed by atoms with Crippen LogP contribution in [-0.4, -0.2) is 43.1 Å². The second-order valence-corrected chi connectivity index (χ2v) is 8.12. The summed E-state index contributed by atoms with van der Waals surface area (Å²) in [5.41, 5.74) is 2.19. The van der Waals surface area contributed by atoms with Crippen molar-refractivity contribution in [2.75, 3.05) is 24.5 Å². The number of benzene rings is 1. The molecule has 7 heteroatoms. The van der Waals surface area contributed by atoms with Gasteiger partial charge in [0.1, 0.15) is 5.52 Å². The summed E-state index contributed by atoms with van der Waals surface area (Å²) in [6, 6.07) is 12.4. The monoisotopic (exact) mass is 356 g/mol. The molecule has 1 N–H and O–H groups in total. The van der Waals surface area contributed by atoms with E-state index in [1.807, 2.05) is 6.07 Å². The number of anilines is 1. The van der Waals surface area contributed by atoms with Gasteiger partial charge in [-0.2, -0.15) is 0 Å². The van der Waals surface area contributed by atoms with Gasteiger partial charge in [0.25, 0.3) is 10.0 Å². The molecule has 6 nitrogen and oxygen atoms in total. The van der Waals surface area contributed by atoms with Crippen molar-refractivity contribution >= 4 is 26.7 Å². The zero-order chi connectivity index (χ0) is 17.4. The van der Waals surface area contributed by atoms with Crippen molar-refractivity contribution in [3.05, 3.63) is 54.9 Å². The lowest BCUT2D eigenvalue weighted by Gasteiger charge is -2.32. The van der Waals surface area contributed by atoms with Crippen LogP contribution in [0.5, 0.6) is 0 Å². The Balaban J connectivity index is 1.88. The van der Waals surface area contributed by atoms with Gasteiger partial charge in [-0.15, -0.1) is 0 Å². The van der Waals surface area contributed by atoms with E-state index in [0.717, 1.165) is 30.8 Å². The lowest BCUT2D eigenvalue weighted by atomic mass is 10.2. The van der Waals surface area contributed by atoms with Gasteiger partial charge in [-0.05, 0) is 31.2 Å². The number of fused-ring (bicyclic) bond motifs is 1. The van der Waals surface area contributed by atoms with E-state index in [1.54, 1.807) is 48.8 Å². The third-order valence-corrected chi connectivity index (χ3v) is 6.20. The lowest BCUT2D eigenvalue weighted by molar-refractivity contribution is 0.485. The zero-order valence-electron chi connectivity index (χ0n) is 14.0. The van der Waals surface area contributed by atoms with E-state index in [-0.39, 0.29) is 4.90 Å². The standard InChI is InChI=1S/C18H20N4O2S/c1-14-12-21(11-10-19-14)17-13-22(16-8-5-9-20-18(16)17)25(23,24)15-6-3-2-4-7-15/h2-9,13-14,19H,10-12H2,1H3/t14-/m1/s1. The molecule has 1 aromatic carbocycles. The predicted molar refractivity (Wildman–Crippen MR) is 98.4 cm³/mol. The predicted octanol–water partition coefficient (Wildman–Crippen LogP) is 2.07. The number of pyridine rings is 1. The van der Waals surface area contributed by atoms with E-state index in [4.69, 9.17) is 0 Å². The third-order valence-electron chi connectivity index (χ3n) is 4.52. The Hall–Kier alpha value is -2.38. The molecule has 25 heavy (non-hydrogen) atoms. The van der Waals surface area contributed by atoms with Crippen molar-refractivity contribution < 1.29 is 8.42 Å². The number of nitrogens with zero attached hydrogens (tertiary/aromatic N) is 3. The Morgan fingerprint density at radius 3 is 2.72 bits per heavy atom. The van der Waals surface area contributed by atoms with Crippen molar-refractivity contribution in [3.8, 4) is 0 Å². The average Bonchev–Trinajstić information content (AvgIpc) is 3.03. The highest BCUT2D eigenvalue weighted by Gasteiger charge is 2.25. The minimum Gasteiger partial charge on any atom is -0.366 e. The van der Waals surface area contributed by atoms with Gasteiger partial charge < -0.3 is 10.2 Å².